The van der Waals surface area contributed by atoms with E-state index in [4.69, 9.17) is 4.74 Å². The molecule has 3 aliphatic heterocycles. The summed E-state index contributed by atoms with van der Waals surface area (Å²) in [5.41, 5.74) is 6.32. The van der Waals surface area contributed by atoms with Gasteiger partial charge in [-0.05, 0) is 73.7 Å². The monoisotopic (exact) mass is 786 g/mol. The van der Waals surface area contributed by atoms with Crippen LogP contribution >= 0.6 is 0 Å². The number of aromatic amines is 1. The molecule has 0 bridgehead atoms. The smallest absolute Gasteiger partial charge is 0.290 e. The van der Waals surface area contributed by atoms with Crippen molar-refractivity contribution in [3.8, 4) is 11.4 Å². The third-order valence-corrected chi connectivity index (χ3v) is 14.4. The van der Waals surface area contributed by atoms with Gasteiger partial charge in [0.25, 0.3) is 5.56 Å². The van der Waals surface area contributed by atoms with Crippen molar-refractivity contribution in [2.24, 2.45) is 12.5 Å². The maximum Gasteiger partial charge on any atom is 0.290 e. The van der Waals surface area contributed by atoms with Crippen LogP contribution in [-0.2, 0) is 31.5 Å². The minimum absolute atomic E-state index is 0.0235. The van der Waals surface area contributed by atoms with E-state index in [0.717, 1.165) is 54.4 Å². The van der Waals surface area contributed by atoms with Crippen LogP contribution in [0.2, 0.25) is 0 Å². The zero-order valence-electron chi connectivity index (χ0n) is 31.5. The number of sulfone groups is 2. The first-order valence-corrected chi connectivity index (χ1v) is 22.3. The van der Waals surface area contributed by atoms with Crippen LogP contribution < -0.4 is 10.5 Å². The van der Waals surface area contributed by atoms with E-state index < -0.39 is 19.7 Å². The first-order chi connectivity index (χ1) is 26.2. The molecule has 0 amide bonds. The zero-order valence-corrected chi connectivity index (χ0v) is 33.2. The van der Waals surface area contributed by atoms with Gasteiger partial charge >= 0.3 is 0 Å². The van der Waals surface area contributed by atoms with Crippen LogP contribution in [0.15, 0.2) is 76.2 Å². The second-order valence-electron chi connectivity index (χ2n) is 15.4. The second-order valence-corrected chi connectivity index (χ2v) is 19.7. The Morgan fingerprint density at radius 3 is 2.44 bits per heavy atom. The molecule has 4 aliphatic rings. The van der Waals surface area contributed by atoms with Gasteiger partial charge in [-0.3, -0.25) is 9.89 Å². The lowest BCUT2D eigenvalue weighted by atomic mass is 9.91. The van der Waals surface area contributed by atoms with Gasteiger partial charge in [0.05, 0.1) is 52.0 Å². The summed E-state index contributed by atoms with van der Waals surface area (Å²) in [4.78, 5) is 17.2. The first kappa shape index (κ1) is 37.1. The number of nitrogens with one attached hydrogen (secondary N) is 1. The topological polar surface area (TPSA) is 165 Å². The van der Waals surface area contributed by atoms with Crippen molar-refractivity contribution in [1.82, 2.24) is 34.7 Å². The minimum atomic E-state index is -3.35. The quantitative estimate of drug-likeness (QED) is 0.254. The zero-order chi connectivity index (χ0) is 38.7. The highest BCUT2D eigenvalue weighted by Crippen LogP contribution is 2.42. The van der Waals surface area contributed by atoms with Crippen molar-refractivity contribution >= 4 is 52.9 Å². The SMILES string of the molecule is CC1(C)C=C(n2ncc3ccc(C4CCCS4(=O)=O)cc32)C=C1N1CCCC1.Cn1nc(-c2n[nH]c3ccc(S(C)(=O)=O)cc23)cc(N2CCOCC2)c1=O. The van der Waals surface area contributed by atoms with Gasteiger partial charge in [-0.1, -0.05) is 26.0 Å². The van der Waals surface area contributed by atoms with E-state index in [1.54, 1.807) is 25.2 Å². The molecule has 5 aromatic rings. The number of benzene rings is 2. The lowest BCUT2D eigenvalue weighted by Gasteiger charge is -2.29. The molecule has 9 rings (SSSR count). The molecule has 0 radical (unpaired) electrons. The first-order valence-electron chi connectivity index (χ1n) is 18.7. The van der Waals surface area contributed by atoms with Crippen molar-refractivity contribution in [3.05, 3.63) is 82.4 Å². The Bertz CT molecular complexity index is 2640. The number of morpholine rings is 1. The van der Waals surface area contributed by atoms with Gasteiger partial charge in [-0.2, -0.15) is 15.3 Å². The molecule has 0 saturated carbocycles. The molecule has 290 valence electrons. The number of aromatic nitrogens is 6. The van der Waals surface area contributed by atoms with Crippen LogP contribution in [0, 0.1) is 5.41 Å². The molecule has 6 heterocycles. The summed E-state index contributed by atoms with van der Waals surface area (Å²) in [5.74, 6) is 0.302. The normalized spacial score (nSPS) is 20.8. The van der Waals surface area contributed by atoms with Gasteiger partial charge in [0.15, 0.2) is 19.7 Å². The highest BCUT2D eigenvalue weighted by molar-refractivity contribution is 7.91. The predicted molar refractivity (Wildman–Crippen MR) is 213 cm³/mol. The van der Waals surface area contributed by atoms with Crippen LogP contribution in [0.1, 0.15) is 50.3 Å². The Labute approximate surface area is 320 Å². The average molecular weight is 787 g/mol. The van der Waals surface area contributed by atoms with Crippen LogP contribution in [0.3, 0.4) is 0 Å². The summed E-state index contributed by atoms with van der Waals surface area (Å²) in [6, 6.07) is 12.5. The summed E-state index contributed by atoms with van der Waals surface area (Å²) >= 11 is 0. The molecule has 1 atom stereocenters. The number of rotatable bonds is 6. The maximum absolute atomic E-state index is 12.5. The van der Waals surface area contributed by atoms with E-state index in [2.05, 4.69) is 51.3 Å². The van der Waals surface area contributed by atoms with Crippen LogP contribution in [-0.4, -0.2) is 103 Å². The molecule has 55 heavy (non-hydrogen) atoms. The highest BCUT2D eigenvalue weighted by Gasteiger charge is 2.35. The van der Waals surface area contributed by atoms with E-state index >= 15 is 0 Å². The summed E-state index contributed by atoms with van der Waals surface area (Å²) in [7, 11) is -4.79. The van der Waals surface area contributed by atoms with E-state index in [-0.39, 0.29) is 21.1 Å². The van der Waals surface area contributed by atoms with Crippen molar-refractivity contribution in [3.63, 3.8) is 0 Å². The Hall–Kier alpha value is -4.80. The van der Waals surface area contributed by atoms with Crippen molar-refractivity contribution < 1.29 is 21.6 Å². The summed E-state index contributed by atoms with van der Waals surface area (Å²) in [6.45, 7) is 9.13. The van der Waals surface area contributed by atoms with Crippen LogP contribution in [0.4, 0.5) is 5.69 Å². The van der Waals surface area contributed by atoms with Gasteiger partial charge in [0, 0.05) is 61.4 Å². The lowest BCUT2D eigenvalue weighted by molar-refractivity contribution is 0.122. The third kappa shape index (κ3) is 7.11. The highest BCUT2D eigenvalue weighted by atomic mass is 32.2. The number of likely N-dealkylation sites (tertiary alicyclic amines) is 1. The van der Waals surface area contributed by atoms with Gasteiger partial charge < -0.3 is 14.5 Å². The molecule has 16 heteroatoms. The minimum Gasteiger partial charge on any atom is -0.378 e. The number of nitrogens with zero attached hydrogens (tertiary/aromatic N) is 7. The Morgan fingerprint density at radius 2 is 1.73 bits per heavy atom. The molecular formula is C39H46N8O6S2. The van der Waals surface area contributed by atoms with Gasteiger partial charge in [0.1, 0.15) is 17.1 Å². The molecule has 1 unspecified atom stereocenters. The molecule has 3 aromatic heterocycles. The molecule has 3 saturated heterocycles. The van der Waals surface area contributed by atoms with E-state index in [9.17, 15) is 21.6 Å². The average Bonchev–Trinajstić information content (AvgIpc) is 3.99. The van der Waals surface area contributed by atoms with Crippen LogP contribution in [0.5, 0.6) is 0 Å². The Kier molecular flexibility index (Phi) is 9.49. The number of fused-ring (bicyclic) bond motifs is 2. The predicted octanol–water partition coefficient (Wildman–Crippen LogP) is 4.71. The lowest BCUT2D eigenvalue weighted by Crippen LogP contribution is -2.40. The van der Waals surface area contributed by atoms with E-state index in [1.807, 2.05) is 34.0 Å². The number of H-pyrrole nitrogens is 1. The maximum atomic E-state index is 12.5. The standard InChI is InChI=1S/C22H27N3O2S.C17H19N5O4S/c1-22(2)14-18(13-21(22)24-9-3-4-10-24)25-19-12-16(7-8-17(19)15-23-25)20-6-5-11-28(20,26)27;1-21-17(23)15(22-5-7-26-8-6-22)10-14(20-21)16-12-9-11(27(2,24)25)3-4-13(12)18-19-16/h7-8,12-15,20H,3-6,9-11H2,1-2H3;3-4,9-10H,5-8H2,1-2H3,(H,18,19). The van der Waals surface area contributed by atoms with Crippen LogP contribution in [0.25, 0.3) is 38.9 Å². The molecule has 1 N–H and O–H groups in total. The summed E-state index contributed by atoms with van der Waals surface area (Å²) in [6.07, 6.45) is 11.6. The number of aryl methyl sites for hydroxylation is 1. The molecule has 1 aliphatic carbocycles. The van der Waals surface area contributed by atoms with Gasteiger partial charge in [0.2, 0.25) is 0 Å². The van der Waals surface area contributed by atoms with E-state index in [1.165, 1.54) is 29.3 Å². The molecule has 14 nitrogen and oxygen atoms in total. The fourth-order valence-electron chi connectivity index (χ4n) is 8.16. The third-order valence-electron chi connectivity index (χ3n) is 11.0. The number of hydrogen-bond donors (Lipinski definition) is 1. The Balaban J connectivity index is 0.000000155. The fourth-order valence-corrected chi connectivity index (χ4v) is 10.7. The van der Waals surface area contributed by atoms with Gasteiger partial charge in [-0.25, -0.2) is 26.2 Å². The number of anilines is 1. The Morgan fingerprint density at radius 1 is 0.964 bits per heavy atom. The van der Waals surface area contributed by atoms with Crippen molar-refractivity contribution in [2.45, 2.75) is 49.7 Å². The summed E-state index contributed by atoms with van der Waals surface area (Å²) in [5, 5.41) is 17.5. The molecular weight excluding hydrogens is 741 g/mol. The molecule has 0 spiro atoms. The molecule has 3 fully saturated rings. The van der Waals surface area contributed by atoms with E-state index in [0.29, 0.717) is 60.0 Å². The van der Waals surface area contributed by atoms with Crippen molar-refractivity contribution in [1.29, 1.82) is 0 Å². The van der Waals surface area contributed by atoms with Gasteiger partial charge in [-0.15, -0.1) is 0 Å². The molecule has 2 aromatic carbocycles. The largest absolute Gasteiger partial charge is 0.378 e. The second kappa shape index (κ2) is 14.0. The number of allylic oxidation sites excluding steroid dienone is 3. The van der Waals surface area contributed by atoms with Crippen molar-refractivity contribution in [2.75, 3.05) is 56.3 Å². The fraction of sp³-hybridized carbons (Fsp3) is 0.436. The summed E-state index contributed by atoms with van der Waals surface area (Å²) < 4.78 is 57.2. The number of ether oxygens (including phenoxy) is 1. The number of hydrogen-bond acceptors (Lipinski definition) is 11.